The Morgan fingerprint density at radius 3 is 2.37 bits per heavy atom. The Balaban J connectivity index is 2.40. The summed E-state index contributed by atoms with van der Waals surface area (Å²) in [6, 6.07) is 13.8. The van der Waals surface area contributed by atoms with E-state index in [1.807, 2.05) is 42.5 Å². The van der Waals surface area contributed by atoms with E-state index in [1.165, 1.54) is 0 Å². The molecule has 0 saturated heterocycles. The first-order valence-electron chi connectivity index (χ1n) is 5.70. The van der Waals surface area contributed by atoms with Crippen molar-refractivity contribution in [3.05, 3.63) is 62.5 Å². The molecule has 0 aliphatic carbocycles. The summed E-state index contributed by atoms with van der Waals surface area (Å²) in [7, 11) is 1.65. The fourth-order valence-corrected chi connectivity index (χ4v) is 2.75. The number of hydrogen-bond acceptors (Lipinski definition) is 3. The van der Waals surface area contributed by atoms with Crippen LogP contribution in [0.5, 0.6) is 5.75 Å². The van der Waals surface area contributed by atoms with E-state index in [4.69, 9.17) is 10.6 Å². The van der Waals surface area contributed by atoms with Crippen molar-refractivity contribution >= 4 is 31.9 Å². The van der Waals surface area contributed by atoms with Gasteiger partial charge in [0.25, 0.3) is 0 Å². The molecule has 100 valence electrons. The van der Waals surface area contributed by atoms with E-state index in [-0.39, 0.29) is 6.04 Å². The van der Waals surface area contributed by atoms with Gasteiger partial charge in [0, 0.05) is 8.95 Å². The van der Waals surface area contributed by atoms with Gasteiger partial charge in [-0.3, -0.25) is 5.84 Å². The van der Waals surface area contributed by atoms with Crippen LogP contribution in [-0.2, 0) is 0 Å². The van der Waals surface area contributed by atoms with Crippen molar-refractivity contribution in [1.82, 2.24) is 5.43 Å². The van der Waals surface area contributed by atoms with Crippen LogP contribution in [0, 0.1) is 0 Å². The third-order valence-corrected chi connectivity index (χ3v) is 4.10. The summed E-state index contributed by atoms with van der Waals surface area (Å²) in [4.78, 5) is 0. The summed E-state index contributed by atoms with van der Waals surface area (Å²) in [6.45, 7) is 0. The molecule has 0 heterocycles. The van der Waals surface area contributed by atoms with Crippen LogP contribution in [0.2, 0.25) is 0 Å². The normalized spacial score (nSPS) is 12.2. The number of rotatable bonds is 4. The zero-order valence-corrected chi connectivity index (χ0v) is 13.5. The van der Waals surface area contributed by atoms with Crippen molar-refractivity contribution in [2.45, 2.75) is 6.04 Å². The predicted octanol–water partition coefficient (Wildman–Crippen LogP) is 3.77. The summed E-state index contributed by atoms with van der Waals surface area (Å²) in [5, 5.41) is 0. The van der Waals surface area contributed by atoms with Gasteiger partial charge < -0.3 is 4.74 Å². The molecule has 19 heavy (non-hydrogen) atoms. The van der Waals surface area contributed by atoms with Crippen molar-refractivity contribution in [3.8, 4) is 5.75 Å². The molecule has 0 saturated carbocycles. The van der Waals surface area contributed by atoms with Crippen LogP contribution < -0.4 is 16.0 Å². The minimum Gasteiger partial charge on any atom is -0.497 e. The summed E-state index contributed by atoms with van der Waals surface area (Å²) >= 11 is 7.04. The summed E-state index contributed by atoms with van der Waals surface area (Å²) < 4.78 is 7.18. The van der Waals surface area contributed by atoms with E-state index >= 15 is 0 Å². The van der Waals surface area contributed by atoms with Crippen LogP contribution in [0.1, 0.15) is 17.2 Å². The van der Waals surface area contributed by atoms with E-state index in [1.54, 1.807) is 7.11 Å². The van der Waals surface area contributed by atoms with Crippen molar-refractivity contribution < 1.29 is 4.74 Å². The second-order valence-electron chi connectivity index (χ2n) is 4.04. The predicted molar refractivity (Wildman–Crippen MR) is 84.0 cm³/mol. The smallest absolute Gasteiger partial charge is 0.118 e. The number of benzene rings is 2. The van der Waals surface area contributed by atoms with Crippen molar-refractivity contribution in [2.24, 2.45) is 5.84 Å². The Bertz CT molecular complexity index is 558. The highest BCUT2D eigenvalue weighted by Crippen LogP contribution is 2.31. The average Bonchev–Trinajstić information content (AvgIpc) is 2.44. The van der Waals surface area contributed by atoms with Crippen molar-refractivity contribution in [1.29, 1.82) is 0 Å². The fourth-order valence-electron chi connectivity index (χ4n) is 1.90. The second kappa shape index (κ2) is 6.52. The fraction of sp³-hybridized carbons (Fsp3) is 0.143. The van der Waals surface area contributed by atoms with E-state index in [0.29, 0.717) is 0 Å². The van der Waals surface area contributed by atoms with Crippen molar-refractivity contribution in [3.63, 3.8) is 0 Å². The van der Waals surface area contributed by atoms with Gasteiger partial charge in [-0.25, -0.2) is 5.43 Å². The van der Waals surface area contributed by atoms with E-state index in [9.17, 15) is 0 Å². The monoisotopic (exact) mass is 384 g/mol. The van der Waals surface area contributed by atoms with Gasteiger partial charge in [-0.15, -0.1) is 0 Å². The molecule has 0 aromatic heterocycles. The first-order chi connectivity index (χ1) is 9.15. The number of nitrogens with one attached hydrogen (secondary N) is 1. The number of hydrogen-bond donors (Lipinski definition) is 2. The number of halogens is 2. The van der Waals surface area contributed by atoms with E-state index < -0.39 is 0 Å². The average molecular weight is 386 g/mol. The summed E-state index contributed by atoms with van der Waals surface area (Å²) in [5.74, 6) is 6.54. The molecular formula is C14H14Br2N2O. The molecule has 2 aromatic rings. The first-order valence-corrected chi connectivity index (χ1v) is 7.29. The lowest BCUT2D eigenvalue weighted by Crippen LogP contribution is -2.29. The Hall–Kier alpha value is -0.880. The molecule has 1 atom stereocenters. The number of methoxy groups -OCH3 is 1. The van der Waals surface area contributed by atoms with Crippen LogP contribution in [0.3, 0.4) is 0 Å². The lowest BCUT2D eigenvalue weighted by atomic mass is 9.99. The Morgan fingerprint density at radius 1 is 1.11 bits per heavy atom. The van der Waals surface area contributed by atoms with Gasteiger partial charge in [0.15, 0.2) is 0 Å². The third-order valence-electron chi connectivity index (χ3n) is 2.88. The Morgan fingerprint density at radius 2 is 1.79 bits per heavy atom. The lowest BCUT2D eigenvalue weighted by Gasteiger charge is -2.19. The lowest BCUT2D eigenvalue weighted by molar-refractivity contribution is 0.414. The molecule has 0 radical (unpaired) electrons. The highest BCUT2D eigenvalue weighted by atomic mass is 79.9. The molecule has 3 nitrogen and oxygen atoms in total. The van der Waals surface area contributed by atoms with Gasteiger partial charge >= 0.3 is 0 Å². The summed E-state index contributed by atoms with van der Waals surface area (Å²) in [6.07, 6.45) is 0. The van der Waals surface area contributed by atoms with Gasteiger partial charge in [-0.05, 0) is 41.5 Å². The minimum atomic E-state index is -0.0854. The van der Waals surface area contributed by atoms with Crippen molar-refractivity contribution in [2.75, 3.05) is 7.11 Å². The Labute approximate surface area is 129 Å². The van der Waals surface area contributed by atoms with Gasteiger partial charge in [0.1, 0.15) is 5.75 Å². The van der Waals surface area contributed by atoms with E-state index in [0.717, 1.165) is 25.8 Å². The molecule has 0 aliphatic heterocycles. The van der Waals surface area contributed by atoms with Crippen LogP contribution in [-0.4, -0.2) is 7.11 Å². The maximum Gasteiger partial charge on any atom is 0.118 e. The van der Waals surface area contributed by atoms with Crippen LogP contribution in [0.4, 0.5) is 0 Å². The van der Waals surface area contributed by atoms with Gasteiger partial charge in [0.2, 0.25) is 0 Å². The molecule has 0 bridgehead atoms. The molecule has 0 spiro atoms. The standard InChI is InChI=1S/C14H14Br2N2O/c1-19-11-5-2-9(3-6-11)14(18-17)12-8-10(15)4-7-13(12)16/h2-8,14,18H,17H2,1H3. The maximum atomic E-state index is 5.71. The molecule has 5 heteroatoms. The zero-order valence-electron chi connectivity index (χ0n) is 10.4. The SMILES string of the molecule is COc1ccc(C(NN)c2cc(Br)ccc2Br)cc1. The zero-order chi connectivity index (χ0) is 13.8. The highest BCUT2D eigenvalue weighted by molar-refractivity contribution is 9.11. The van der Waals surface area contributed by atoms with Gasteiger partial charge in [-0.2, -0.15) is 0 Å². The third kappa shape index (κ3) is 3.36. The number of ether oxygens (including phenoxy) is 1. The molecule has 2 rings (SSSR count). The van der Waals surface area contributed by atoms with Crippen LogP contribution >= 0.6 is 31.9 Å². The molecular weight excluding hydrogens is 372 g/mol. The van der Waals surface area contributed by atoms with E-state index in [2.05, 4.69) is 37.3 Å². The second-order valence-corrected chi connectivity index (χ2v) is 5.81. The Kier molecular flexibility index (Phi) is 4.99. The molecule has 0 aliphatic rings. The topological polar surface area (TPSA) is 47.3 Å². The van der Waals surface area contributed by atoms with Crippen LogP contribution in [0.15, 0.2) is 51.4 Å². The minimum absolute atomic E-state index is 0.0854. The molecule has 2 aromatic carbocycles. The number of nitrogens with two attached hydrogens (primary N) is 1. The first kappa shape index (κ1) is 14.5. The quantitative estimate of drug-likeness (QED) is 0.622. The number of hydrazine groups is 1. The van der Waals surface area contributed by atoms with Crippen LogP contribution in [0.25, 0.3) is 0 Å². The largest absolute Gasteiger partial charge is 0.497 e. The maximum absolute atomic E-state index is 5.71. The molecule has 1 unspecified atom stereocenters. The summed E-state index contributed by atoms with van der Waals surface area (Å²) in [5.41, 5.74) is 4.99. The molecule has 0 fully saturated rings. The highest BCUT2D eigenvalue weighted by Gasteiger charge is 2.15. The van der Waals surface area contributed by atoms with Gasteiger partial charge in [0.05, 0.1) is 13.2 Å². The van der Waals surface area contributed by atoms with Gasteiger partial charge in [-0.1, -0.05) is 44.0 Å². The molecule has 0 amide bonds. The molecule has 3 N–H and O–H groups in total.